The van der Waals surface area contributed by atoms with E-state index in [0.29, 0.717) is 22.2 Å². The Morgan fingerprint density at radius 3 is 2.69 bits per heavy atom. The van der Waals surface area contributed by atoms with E-state index < -0.39 is 0 Å². The predicted octanol–water partition coefficient (Wildman–Crippen LogP) is 4.22. The molecule has 0 saturated carbocycles. The van der Waals surface area contributed by atoms with E-state index in [9.17, 15) is 9.59 Å². The van der Waals surface area contributed by atoms with Crippen LogP contribution in [0.25, 0.3) is 11.0 Å². The first-order valence-electron chi connectivity index (χ1n) is 9.28. The Balaban J connectivity index is 1.57. The number of anilines is 1. The van der Waals surface area contributed by atoms with Crippen LogP contribution in [0, 0.1) is 6.92 Å². The van der Waals surface area contributed by atoms with Crippen molar-refractivity contribution >= 4 is 28.5 Å². The second-order valence-corrected chi connectivity index (χ2v) is 7.01. The third kappa shape index (κ3) is 2.77. The molecule has 6 nitrogen and oxygen atoms in total. The fourth-order valence-electron chi connectivity index (χ4n) is 3.84. The molecule has 0 saturated heterocycles. The Hall–Kier alpha value is -3.93. The Morgan fingerprint density at radius 1 is 1.03 bits per heavy atom. The van der Waals surface area contributed by atoms with E-state index in [1.165, 1.54) is 0 Å². The summed E-state index contributed by atoms with van der Waals surface area (Å²) in [6.07, 6.45) is 0. The van der Waals surface area contributed by atoms with Gasteiger partial charge in [-0.05, 0) is 42.3 Å². The molecule has 0 aliphatic carbocycles. The van der Waals surface area contributed by atoms with Crippen molar-refractivity contribution in [3.63, 3.8) is 0 Å². The Labute approximate surface area is 166 Å². The normalized spacial score (nSPS) is 15.2. The zero-order valence-electron chi connectivity index (χ0n) is 15.6. The van der Waals surface area contributed by atoms with Gasteiger partial charge in [0.15, 0.2) is 11.3 Å². The van der Waals surface area contributed by atoms with E-state index >= 15 is 0 Å². The Kier molecular flexibility index (Phi) is 3.91. The minimum Gasteiger partial charge on any atom is -0.355 e. The van der Waals surface area contributed by atoms with Gasteiger partial charge in [0.05, 0.1) is 11.4 Å². The van der Waals surface area contributed by atoms with E-state index in [0.717, 1.165) is 16.7 Å². The molecule has 3 aromatic carbocycles. The summed E-state index contributed by atoms with van der Waals surface area (Å²) in [6, 6.07) is 20.1. The standard InChI is InChI=1S/C23H17N3O3/c1-13-7-2-3-8-14(13)20-19-16(22(27)25-20)10-6-11-17(19)24-23(28)21-15-9-4-5-12-18(15)29-26-21/h2-12,20H,1H3,(H,24,28)(H,25,27). The number of benzene rings is 3. The molecule has 0 spiro atoms. The largest absolute Gasteiger partial charge is 0.355 e. The van der Waals surface area contributed by atoms with Crippen LogP contribution in [0.3, 0.4) is 0 Å². The molecule has 29 heavy (non-hydrogen) atoms. The van der Waals surface area contributed by atoms with Crippen molar-refractivity contribution in [2.24, 2.45) is 0 Å². The summed E-state index contributed by atoms with van der Waals surface area (Å²) in [5.74, 6) is -0.539. The Bertz CT molecular complexity index is 1280. The van der Waals surface area contributed by atoms with Crippen LogP contribution in [0.2, 0.25) is 0 Å². The van der Waals surface area contributed by atoms with E-state index in [4.69, 9.17) is 4.52 Å². The van der Waals surface area contributed by atoms with Crippen molar-refractivity contribution in [1.82, 2.24) is 10.5 Å². The maximum Gasteiger partial charge on any atom is 0.278 e. The first-order chi connectivity index (χ1) is 14.1. The monoisotopic (exact) mass is 383 g/mol. The van der Waals surface area contributed by atoms with Crippen molar-refractivity contribution in [2.75, 3.05) is 5.32 Å². The van der Waals surface area contributed by atoms with Crippen LogP contribution < -0.4 is 10.6 Å². The molecule has 2 heterocycles. The molecule has 5 rings (SSSR count). The maximum atomic E-state index is 12.9. The number of nitrogens with zero attached hydrogens (tertiary/aromatic N) is 1. The van der Waals surface area contributed by atoms with Crippen molar-refractivity contribution in [3.8, 4) is 0 Å². The minimum atomic E-state index is -0.383. The quantitative estimate of drug-likeness (QED) is 0.555. The number of carbonyl (C=O) groups excluding carboxylic acids is 2. The van der Waals surface area contributed by atoms with E-state index in [2.05, 4.69) is 15.8 Å². The summed E-state index contributed by atoms with van der Waals surface area (Å²) in [4.78, 5) is 25.5. The van der Waals surface area contributed by atoms with Crippen LogP contribution in [0.5, 0.6) is 0 Å². The third-order valence-electron chi connectivity index (χ3n) is 5.26. The van der Waals surface area contributed by atoms with Crippen LogP contribution >= 0.6 is 0 Å². The van der Waals surface area contributed by atoms with Crippen molar-refractivity contribution in [3.05, 3.63) is 94.7 Å². The number of nitrogens with one attached hydrogen (secondary N) is 2. The van der Waals surface area contributed by atoms with Gasteiger partial charge in [-0.2, -0.15) is 0 Å². The van der Waals surface area contributed by atoms with Crippen LogP contribution in [0.1, 0.15) is 43.6 Å². The predicted molar refractivity (Wildman–Crippen MR) is 109 cm³/mol. The average molecular weight is 383 g/mol. The lowest BCUT2D eigenvalue weighted by molar-refractivity contribution is 0.0959. The molecule has 1 aromatic heterocycles. The molecule has 1 unspecified atom stereocenters. The highest BCUT2D eigenvalue weighted by molar-refractivity contribution is 6.12. The molecular weight excluding hydrogens is 366 g/mol. The third-order valence-corrected chi connectivity index (χ3v) is 5.26. The van der Waals surface area contributed by atoms with E-state index in [1.807, 2.05) is 43.3 Å². The smallest absolute Gasteiger partial charge is 0.278 e. The number of aryl methyl sites for hydroxylation is 1. The maximum absolute atomic E-state index is 12.9. The lowest BCUT2D eigenvalue weighted by atomic mass is 9.93. The number of hydrogen-bond donors (Lipinski definition) is 2. The first kappa shape index (κ1) is 17.2. The van der Waals surface area contributed by atoms with Gasteiger partial charge in [-0.3, -0.25) is 9.59 Å². The fourth-order valence-corrected chi connectivity index (χ4v) is 3.84. The highest BCUT2D eigenvalue weighted by atomic mass is 16.5. The van der Waals surface area contributed by atoms with Crippen LogP contribution in [0.15, 0.2) is 71.3 Å². The van der Waals surface area contributed by atoms with E-state index in [-0.39, 0.29) is 23.6 Å². The number of aromatic nitrogens is 1. The van der Waals surface area contributed by atoms with Gasteiger partial charge in [-0.15, -0.1) is 0 Å². The molecule has 0 bridgehead atoms. The molecular formula is C23H17N3O3. The molecule has 1 aliphatic rings. The van der Waals surface area contributed by atoms with Gasteiger partial charge in [0.1, 0.15) is 0 Å². The van der Waals surface area contributed by atoms with Gasteiger partial charge in [-0.1, -0.05) is 47.6 Å². The summed E-state index contributed by atoms with van der Waals surface area (Å²) < 4.78 is 5.25. The second kappa shape index (κ2) is 6.60. The van der Waals surface area contributed by atoms with Crippen LogP contribution in [-0.4, -0.2) is 17.0 Å². The number of hydrogen-bond acceptors (Lipinski definition) is 4. The van der Waals surface area contributed by atoms with Gasteiger partial charge < -0.3 is 15.2 Å². The molecule has 4 aromatic rings. The first-order valence-corrected chi connectivity index (χ1v) is 9.28. The number of amides is 2. The molecule has 142 valence electrons. The van der Waals surface area contributed by atoms with Crippen LogP contribution in [-0.2, 0) is 0 Å². The number of carbonyl (C=O) groups is 2. The minimum absolute atomic E-state index is 0.156. The molecule has 2 N–H and O–H groups in total. The molecule has 2 amide bonds. The van der Waals surface area contributed by atoms with Gasteiger partial charge >= 0.3 is 0 Å². The second-order valence-electron chi connectivity index (χ2n) is 7.01. The SMILES string of the molecule is Cc1ccccc1C1NC(=O)c2cccc(NC(=O)c3noc4ccccc34)c21. The zero-order valence-corrected chi connectivity index (χ0v) is 15.6. The van der Waals surface area contributed by atoms with Crippen molar-refractivity contribution < 1.29 is 14.1 Å². The number of para-hydroxylation sites is 1. The summed E-state index contributed by atoms with van der Waals surface area (Å²) in [5.41, 5.74) is 4.70. The zero-order chi connectivity index (χ0) is 20.0. The lowest BCUT2D eigenvalue weighted by Gasteiger charge is -2.18. The average Bonchev–Trinajstić information content (AvgIpc) is 3.31. The van der Waals surface area contributed by atoms with Gasteiger partial charge in [0.2, 0.25) is 0 Å². The highest BCUT2D eigenvalue weighted by Crippen LogP contribution is 2.37. The summed E-state index contributed by atoms with van der Waals surface area (Å²) in [6.45, 7) is 2.00. The lowest BCUT2D eigenvalue weighted by Crippen LogP contribution is -2.21. The number of rotatable bonds is 3. The summed E-state index contributed by atoms with van der Waals surface area (Å²) in [7, 11) is 0. The van der Waals surface area contributed by atoms with E-state index in [1.54, 1.807) is 30.3 Å². The van der Waals surface area contributed by atoms with Gasteiger partial charge in [-0.25, -0.2) is 0 Å². The number of fused-ring (bicyclic) bond motifs is 2. The van der Waals surface area contributed by atoms with Gasteiger partial charge in [0, 0.05) is 16.8 Å². The molecule has 6 heteroatoms. The van der Waals surface area contributed by atoms with Crippen molar-refractivity contribution in [1.29, 1.82) is 0 Å². The van der Waals surface area contributed by atoms with Gasteiger partial charge in [0.25, 0.3) is 11.8 Å². The molecule has 0 fully saturated rings. The molecule has 1 atom stereocenters. The summed E-state index contributed by atoms with van der Waals surface area (Å²) in [5, 5.41) is 10.5. The van der Waals surface area contributed by atoms with Crippen molar-refractivity contribution in [2.45, 2.75) is 13.0 Å². The highest BCUT2D eigenvalue weighted by Gasteiger charge is 2.33. The topological polar surface area (TPSA) is 84.2 Å². The summed E-state index contributed by atoms with van der Waals surface area (Å²) >= 11 is 0. The fraction of sp³-hybridized carbons (Fsp3) is 0.0870. The van der Waals surface area contributed by atoms with Crippen LogP contribution in [0.4, 0.5) is 5.69 Å². The Morgan fingerprint density at radius 2 is 1.83 bits per heavy atom. The molecule has 1 aliphatic heterocycles. The molecule has 0 radical (unpaired) electrons.